The second-order valence-electron chi connectivity index (χ2n) is 2.43. The van der Waals surface area contributed by atoms with E-state index in [9.17, 15) is 4.79 Å². The molecule has 0 spiro atoms. The topological polar surface area (TPSA) is 41.5 Å². The summed E-state index contributed by atoms with van der Waals surface area (Å²) in [5, 5.41) is 3.19. The molecule has 5 heteroatoms. The van der Waals surface area contributed by atoms with Gasteiger partial charge in [-0.15, -0.1) is 11.8 Å². The Kier molecular flexibility index (Phi) is 4.72. The maximum absolute atomic E-state index is 10.4. The van der Waals surface area contributed by atoms with Crippen molar-refractivity contribution in [3.8, 4) is 0 Å². The second-order valence-corrected chi connectivity index (χ2v) is 4.26. The summed E-state index contributed by atoms with van der Waals surface area (Å²) < 4.78 is 3.80. The summed E-state index contributed by atoms with van der Waals surface area (Å²) in [6.07, 6.45) is 0. The minimum atomic E-state index is 0.171. The van der Waals surface area contributed by atoms with Crippen LogP contribution in [0.1, 0.15) is 6.92 Å². The lowest BCUT2D eigenvalue weighted by atomic mass is 10.3. The van der Waals surface area contributed by atoms with E-state index in [2.05, 4.69) is 9.71 Å². The lowest BCUT2D eigenvalue weighted by Gasteiger charge is -1.76. The SMILES string of the molecule is C1CSCN1.CC1=NSCC1=O. The van der Waals surface area contributed by atoms with Crippen LogP contribution in [0.5, 0.6) is 0 Å². The Balaban J connectivity index is 0.000000127. The number of thioether (sulfide) groups is 1. The zero-order chi connectivity index (χ0) is 8.81. The van der Waals surface area contributed by atoms with Crippen LogP contribution in [0, 0.1) is 0 Å². The molecule has 12 heavy (non-hydrogen) atoms. The van der Waals surface area contributed by atoms with Gasteiger partial charge in [0.1, 0.15) is 0 Å². The largest absolute Gasteiger partial charge is 0.307 e. The monoisotopic (exact) mass is 204 g/mol. The molecule has 1 N–H and O–H groups in total. The van der Waals surface area contributed by atoms with Crippen molar-refractivity contribution in [1.29, 1.82) is 0 Å². The van der Waals surface area contributed by atoms with E-state index in [-0.39, 0.29) is 5.78 Å². The summed E-state index contributed by atoms with van der Waals surface area (Å²) in [5.41, 5.74) is 0.657. The molecule has 0 amide bonds. The van der Waals surface area contributed by atoms with Gasteiger partial charge in [0.15, 0.2) is 5.78 Å². The number of carbonyl (C=O) groups excluding carboxylic acids is 1. The highest BCUT2D eigenvalue weighted by Gasteiger charge is 2.11. The fraction of sp³-hybridized carbons (Fsp3) is 0.714. The normalized spacial score (nSPS) is 21.8. The minimum absolute atomic E-state index is 0.171. The van der Waals surface area contributed by atoms with Crippen LogP contribution >= 0.6 is 23.7 Å². The fourth-order valence-corrected chi connectivity index (χ4v) is 2.11. The van der Waals surface area contributed by atoms with E-state index in [1.165, 1.54) is 30.1 Å². The smallest absolute Gasteiger partial charge is 0.189 e. The Hall–Kier alpha value is -0.0000000000000000555. The van der Waals surface area contributed by atoms with Gasteiger partial charge in [-0.05, 0) is 18.9 Å². The van der Waals surface area contributed by atoms with Gasteiger partial charge in [-0.25, -0.2) is 4.40 Å². The third-order valence-electron chi connectivity index (χ3n) is 1.43. The van der Waals surface area contributed by atoms with Gasteiger partial charge in [0, 0.05) is 18.2 Å². The Morgan fingerprint density at radius 2 is 2.42 bits per heavy atom. The number of nitrogens with zero attached hydrogens (tertiary/aromatic N) is 1. The molecule has 0 bridgehead atoms. The molecule has 0 aliphatic carbocycles. The molecule has 2 aliphatic heterocycles. The molecule has 1 saturated heterocycles. The quantitative estimate of drug-likeness (QED) is 0.597. The van der Waals surface area contributed by atoms with E-state index in [1.807, 2.05) is 11.8 Å². The molecule has 0 unspecified atom stereocenters. The molecular formula is C7H12N2OS2. The standard InChI is InChI=1S/C4H5NOS.C3H7NS/c1-3-4(6)2-7-5-3;1-2-5-3-4-1/h2H2,1H3;4H,1-3H2. The number of nitrogens with one attached hydrogen (secondary N) is 1. The van der Waals surface area contributed by atoms with Gasteiger partial charge in [0.05, 0.1) is 11.5 Å². The molecule has 3 nitrogen and oxygen atoms in total. The highest BCUT2D eigenvalue weighted by atomic mass is 32.2. The van der Waals surface area contributed by atoms with E-state index in [0.717, 1.165) is 0 Å². The first kappa shape index (κ1) is 10.1. The van der Waals surface area contributed by atoms with Crippen LogP contribution in [-0.4, -0.2) is 35.4 Å². The Morgan fingerprint density at radius 3 is 2.58 bits per heavy atom. The van der Waals surface area contributed by atoms with Gasteiger partial charge >= 0.3 is 0 Å². The molecule has 0 aromatic carbocycles. The molecule has 68 valence electrons. The predicted octanol–water partition coefficient (Wildman–Crippen LogP) is 0.958. The number of hydrogen-bond acceptors (Lipinski definition) is 5. The van der Waals surface area contributed by atoms with Crippen molar-refractivity contribution in [2.24, 2.45) is 4.40 Å². The van der Waals surface area contributed by atoms with Gasteiger partial charge in [-0.1, -0.05) is 0 Å². The number of ketones is 1. The van der Waals surface area contributed by atoms with Gasteiger partial charge in [0.25, 0.3) is 0 Å². The number of hydrogen-bond donors (Lipinski definition) is 1. The van der Waals surface area contributed by atoms with Crippen LogP contribution in [-0.2, 0) is 4.79 Å². The van der Waals surface area contributed by atoms with Crippen molar-refractivity contribution >= 4 is 35.2 Å². The lowest BCUT2D eigenvalue weighted by molar-refractivity contribution is -0.110. The van der Waals surface area contributed by atoms with Gasteiger partial charge < -0.3 is 5.32 Å². The second kappa shape index (κ2) is 5.61. The number of rotatable bonds is 0. The van der Waals surface area contributed by atoms with Crippen molar-refractivity contribution in [2.45, 2.75) is 6.92 Å². The molecule has 0 aromatic rings. The molecular weight excluding hydrogens is 192 g/mol. The van der Waals surface area contributed by atoms with E-state index < -0.39 is 0 Å². The molecule has 2 rings (SSSR count). The van der Waals surface area contributed by atoms with Gasteiger partial charge in [0.2, 0.25) is 0 Å². The Labute approximate surface area is 80.9 Å². The maximum Gasteiger partial charge on any atom is 0.189 e. The minimum Gasteiger partial charge on any atom is -0.307 e. The molecule has 0 radical (unpaired) electrons. The van der Waals surface area contributed by atoms with Crippen LogP contribution in [0.15, 0.2) is 4.40 Å². The van der Waals surface area contributed by atoms with Gasteiger partial charge in [-0.2, -0.15) is 0 Å². The predicted molar refractivity (Wildman–Crippen MR) is 55.9 cm³/mol. The fourth-order valence-electron chi connectivity index (χ4n) is 0.704. The summed E-state index contributed by atoms with van der Waals surface area (Å²) in [6, 6.07) is 0. The summed E-state index contributed by atoms with van der Waals surface area (Å²) in [4.78, 5) is 10.4. The van der Waals surface area contributed by atoms with E-state index >= 15 is 0 Å². The summed E-state index contributed by atoms with van der Waals surface area (Å²) in [6.45, 7) is 2.95. The van der Waals surface area contributed by atoms with Crippen LogP contribution in [0.25, 0.3) is 0 Å². The lowest BCUT2D eigenvalue weighted by Crippen LogP contribution is -2.04. The zero-order valence-electron chi connectivity index (χ0n) is 7.00. The third kappa shape index (κ3) is 3.60. The average Bonchev–Trinajstić information content (AvgIpc) is 2.67. The Bertz CT molecular complexity index is 182. The van der Waals surface area contributed by atoms with Crippen molar-refractivity contribution < 1.29 is 4.79 Å². The summed E-state index contributed by atoms with van der Waals surface area (Å²) >= 11 is 3.29. The van der Waals surface area contributed by atoms with E-state index in [1.54, 1.807) is 6.92 Å². The first-order chi connectivity index (χ1) is 5.80. The summed E-state index contributed by atoms with van der Waals surface area (Å²) in [7, 11) is 0. The first-order valence-electron chi connectivity index (χ1n) is 3.79. The number of Topliss-reactive ketones (excluding diaryl/α,β-unsaturated/α-hetero) is 1. The molecule has 0 atom stereocenters. The number of carbonyl (C=O) groups is 1. The average molecular weight is 204 g/mol. The summed E-state index contributed by atoms with van der Waals surface area (Å²) in [5.74, 6) is 3.19. The Morgan fingerprint density at radius 1 is 1.58 bits per heavy atom. The molecule has 2 heterocycles. The zero-order valence-corrected chi connectivity index (χ0v) is 8.63. The van der Waals surface area contributed by atoms with Gasteiger partial charge in [-0.3, -0.25) is 4.79 Å². The van der Waals surface area contributed by atoms with Crippen LogP contribution < -0.4 is 5.32 Å². The molecule has 1 fully saturated rings. The van der Waals surface area contributed by atoms with E-state index in [4.69, 9.17) is 0 Å². The van der Waals surface area contributed by atoms with Crippen molar-refractivity contribution in [3.05, 3.63) is 0 Å². The molecule has 0 saturated carbocycles. The van der Waals surface area contributed by atoms with Crippen LogP contribution in [0.4, 0.5) is 0 Å². The first-order valence-corrected chi connectivity index (χ1v) is 5.88. The van der Waals surface area contributed by atoms with E-state index in [0.29, 0.717) is 11.5 Å². The van der Waals surface area contributed by atoms with Crippen LogP contribution in [0.3, 0.4) is 0 Å². The van der Waals surface area contributed by atoms with Crippen molar-refractivity contribution in [2.75, 3.05) is 23.9 Å². The highest BCUT2D eigenvalue weighted by Crippen LogP contribution is 2.10. The highest BCUT2D eigenvalue weighted by molar-refractivity contribution is 7.99. The maximum atomic E-state index is 10.4. The van der Waals surface area contributed by atoms with Crippen LogP contribution in [0.2, 0.25) is 0 Å². The van der Waals surface area contributed by atoms with Crippen molar-refractivity contribution in [3.63, 3.8) is 0 Å². The molecule has 0 aromatic heterocycles. The third-order valence-corrected chi connectivity index (χ3v) is 3.12. The molecule has 2 aliphatic rings. The van der Waals surface area contributed by atoms with Crippen molar-refractivity contribution in [1.82, 2.24) is 5.32 Å².